The van der Waals surface area contributed by atoms with Crippen molar-refractivity contribution >= 4 is 38.7 Å². The van der Waals surface area contributed by atoms with Crippen LogP contribution in [-0.2, 0) is 34.1 Å². The molecule has 1 aromatic heterocycles. The third kappa shape index (κ3) is 6.22. The summed E-state index contributed by atoms with van der Waals surface area (Å²) in [6.45, 7) is -0.451. The summed E-state index contributed by atoms with van der Waals surface area (Å²) in [7, 11) is 2.04. The first-order valence-electron chi connectivity index (χ1n) is 8.09. The first-order chi connectivity index (χ1) is 13.4. The summed E-state index contributed by atoms with van der Waals surface area (Å²) in [4.78, 5) is 45.4. The number of amides is 3. The summed E-state index contributed by atoms with van der Waals surface area (Å²) >= 11 is 0. The molecule has 0 aliphatic carbocycles. The fourth-order valence-corrected chi connectivity index (χ4v) is 2.45. The van der Waals surface area contributed by atoms with Crippen LogP contribution >= 0.6 is 9.24 Å². The molecule has 2 aromatic rings. The molecule has 0 saturated heterocycles. The van der Waals surface area contributed by atoms with E-state index in [9.17, 15) is 24.3 Å². The molecule has 1 unspecified atom stereocenters. The maximum Gasteiger partial charge on any atom is 0.252 e. The third-order valence-corrected chi connectivity index (χ3v) is 3.67. The summed E-state index contributed by atoms with van der Waals surface area (Å²) in [6, 6.07) is 4.47. The van der Waals surface area contributed by atoms with Crippen molar-refractivity contribution in [3.63, 3.8) is 0 Å². The van der Waals surface area contributed by atoms with E-state index in [4.69, 9.17) is 0 Å². The van der Waals surface area contributed by atoms with E-state index in [1.165, 1.54) is 29.1 Å². The predicted molar refractivity (Wildman–Crippen MR) is 101 cm³/mol. The Morgan fingerprint density at radius 2 is 2.07 bits per heavy atom. The average molecular weight is 406 g/mol. The van der Waals surface area contributed by atoms with Gasteiger partial charge in [0, 0.05) is 11.3 Å². The number of nitrogens with zero attached hydrogens (tertiary/aromatic N) is 3. The maximum atomic E-state index is 12.5. The van der Waals surface area contributed by atoms with Crippen molar-refractivity contribution in [3.05, 3.63) is 41.2 Å². The summed E-state index contributed by atoms with van der Waals surface area (Å²) in [6.07, 6.45) is 1.94. The fourth-order valence-electron chi connectivity index (χ4n) is 2.27. The summed E-state index contributed by atoms with van der Waals surface area (Å²) < 4.78 is 1.35. The maximum absolute atomic E-state index is 12.5. The first kappa shape index (κ1) is 21.1. The largest absolute Gasteiger partial charge is 0.392 e. The predicted octanol–water partition coefficient (Wildman–Crippen LogP) is -1.21. The Hall–Kier alpha value is -3.17. The Labute approximate surface area is 162 Å². The zero-order valence-electron chi connectivity index (χ0n) is 14.7. The quantitative estimate of drug-likeness (QED) is 0.285. The highest BCUT2D eigenvalue weighted by atomic mass is 31.0. The van der Waals surface area contributed by atoms with E-state index in [2.05, 4.69) is 26.3 Å². The molecule has 1 heterocycles. The second kappa shape index (κ2) is 10.2. The summed E-state index contributed by atoms with van der Waals surface area (Å²) in [5.74, 6) is -0.946. The number of anilines is 1. The number of hydrogen-bond acceptors (Lipinski definition) is 7. The average Bonchev–Trinajstić information content (AvgIpc) is 3.11. The Bertz CT molecular complexity index is 884. The molecule has 0 saturated carbocycles. The van der Waals surface area contributed by atoms with Gasteiger partial charge in [0.1, 0.15) is 12.2 Å². The number of benzene rings is 1. The van der Waals surface area contributed by atoms with Crippen LogP contribution in [0.15, 0.2) is 24.4 Å². The number of nitrogens with one attached hydrogen (secondary N) is 3. The van der Waals surface area contributed by atoms with Gasteiger partial charge in [-0.2, -0.15) is 0 Å². The summed E-state index contributed by atoms with van der Waals surface area (Å²) in [5, 5.41) is 24.5. The highest BCUT2D eigenvalue weighted by Gasteiger charge is 2.14. The molecule has 0 fully saturated rings. The lowest BCUT2D eigenvalue weighted by Crippen LogP contribution is -2.27. The van der Waals surface area contributed by atoms with Crippen LogP contribution in [0.3, 0.4) is 0 Å². The molecule has 1 aromatic carbocycles. The van der Waals surface area contributed by atoms with Gasteiger partial charge in [0.25, 0.3) is 5.91 Å². The van der Waals surface area contributed by atoms with Gasteiger partial charge in [0.15, 0.2) is 5.52 Å². The van der Waals surface area contributed by atoms with Crippen molar-refractivity contribution in [1.82, 2.24) is 25.6 Å². The minimum atomic E-state index is -0.483. The van der Waals surface area contributed by atoms with Crippen LogP contribution in [0.4, 0.5) is 5.69 Å². The molecule has 4 N–H and O–H groups in total. The van der Waals surface area contributed by atoms with Crippen LogP contribution in [-0.4, -0.2) is 50.4 Å². The number of carbonyl (C=O) groups is 4. The zero-order chi connectivity index (χ0) is 20.5. The molecule has 0 bridgehead atoms. The van der Waals surface area contributed by atoms with Crippen LogP contribution < -0.4 is 16.0 Å². The molecule has 28 heavy (non-hydrogen) atoms. The molecule has 0 spiro atoms. The topological polar surface area (TPSA) is 155 Å². The van der Waals surface area contributed by atoms with E-state index in [1.54, 1.807) is 0 Å². The molecule has 0 aliphatic heterocycles. The van der Waals surface area contributed by atoms with E-state index >= 15 is 0 Å². The molecular formula is C16H19N6O5P. The van der Waals surface area contributed by atoms with Crippen LogP contribution in [0, 0.1) is 0 Å². The van der Waals surface area contributed by atoms with Crippen molar-refractivity contribution in [2.45, 2.75) is 19.7 Å². The van der Waals surface area contributed by atoms with E-state index < -0.39 is 11.8 Å². The standard InChI is InChI=1S/C16H19N6O5P/c23-8-10-1-2-11(19-14(25)5-17-9-24)3-13(10)16(27)18-4-12-6-22(21-20-12)7-15(26)28/h1-3,6,9,23H,4-5,7-8,28H2,(H,17,24)(H,18,27)(H,19,25). The van der Waals surface area contributed by atoms with Gasteiger partial charge in [-0.15, -0.1) is 5.10 Å². The Balaban J connectivity index is 2.05. The highest BCUT2D eigenvalue weighted by molar-refractivity contribution is 7.39. The lowest BCUT2D eigenvalue weighted by atomic mass is 10.1. The van der Waals surface area contributed by atoms with Gasteiger partial charge in [0.05, 0.1) is 25.9 Å². The van der Waals surface area contributed by atoms with Crippen LogP contribution in [0.25, 0.3) is 0 Å². The molecule has 0 aliphatic rings. The summed E-state index contributed by atoms with van der Waals surface area (Å²) in [5.41, 5.74) is 1.18. The second-order valence-corrected chi connectivity index (χ2v) is 6.28. The van der Waals surface area contributed by atoms with Gasteiger partial charge in [0.2, 0.25) is 12.3 Å². The lowest BCUT2D eigenvalue weighted by molar-refractivity contribution is -0.118. The lowest BCUT2D eigenvalue weighted by Gasteiger charge is -2.11. The number of aliphatic hydroxyl groups is 1. The van der Waals surface area contributed by atoms with Crippen molar-refractivity contribution in [3.8, 4) is 0 Å². The van der Waals surface area contributed by atoms with Crippen LogP contribution in [0.5, 0.6) is 0 Å². The number of rotatable bonds is 10. The van der Waals surface area contributed by atoms with Gasteiger partial charge >= 0.3 is 0 Å². The monoisotopic (exact) mass is 406 g/mol. The van der Waals surface area contributed by atoms with E-state index in [0.29, 0.717) is 23.4 Å². The van der Waals surface area contributed by atoms with Crippen molar-refractivity contribution in [2.75, 3.05) is 11.9 Å². The minimum Gasteiger partial charge on any atom is -0.392 e. The molecular weight excluding hydrogens is 387 g/mol. The molecule has 3 amide bonds. The normalized spacial score (nSPS) is 10.2. The van der Waals surface area contributed by atoms with Crippen molar-refractivity contribution < 1.29 is 24.3 Å². The van der Waals surface area contributed by atoms with Crippen LogP contribution in [0.2, 0.25) is 0 Å². The van der Waals surface area contributed by atoms with Gasteiger partial charge in [-0.05, 0) is 17.7 Å². The van der Waals surface area contributed by atoms with Gasteiger partial charge < -0.3 is 21.1 Å². The number of aliphatic hydroxyl groups excluding tert-OH is 1. The van der Waals surface area contributed by atoms with E-state index in [0.717, 1.165) is 0 Å². The Kier molecular flexibility index (Phi) is 7.73. The molecule has 0 radical (unpaired) electrons. The minimum absolute atomic E-state index is 0.0565. The third-order valence-electron chi connectivity index (χ3n) is 3.49. The van der Waals surface area contributed by atoms with Crippen molar-refractivity contribution in [1.29, 1.82) is 0 Å². The molecule has 1 atom stereocenters. The van der Waals surface area contributed by atoms with Gasteiger partial charge in [-0.3, -0.25) is 19.2 Å². The Morgan fingerprint density at radius 1 is 1.29 bits per heavy atom. The zero-order valence-corrected chi connectivity index (χ0v) is 15.9. The molecule has 2 rings (SSSR count). The molecule has 11 nitrogen and oxygen atoms in total. The number of carbonyl (C=O) groups excluding carboxylic acids is 4. The first-order valence-corrected chi connectivity index (χ1v) is 8.67. The van der Waals surface area contributed by atoms with Crippen molar-refractivity contribution in [2.24, 2.45) is 0 Å². The second-order valence-electron chi connectivity index (χ2n) is 5.63. The smallest absolute Gasteiger partial charge is 0.252 e. The van der Waals surface area contributed by atoms with E-state index in [1.807, 2.05) is 9.24 Å². The Morgan fingerprint density at radius 3 is 2.75 bits per heavy atom. The SMILES string of the molecule is O=CNCC(=O)Nc1ccc(CO)c(C(=O)NCc2cn(CC(=O)P)nn2)c1. The highest BCUT2D eigenvalue weighted by Crippen LogP contribution is 2.16. The number of hydrogen-bond donors (Lipinski definition) is 4. The van der Waals surface area contributed by atoms with Crippen LogP contribution in [0.1, 0.15) is 21.6 Å². The fraction of sp³-hybridized carbons (Fsp3) is 0.250. The van der Waals surface area contributed by atoms with Gasteiger partial charge in [-0.1, -0.05) is 20.5 Å². The molecule has 12 heteroatoms. The molecule has 148 valence electrons. The number of aromatic nitrogens is 3. The van der Waals surface area contributed by atoms with Gasteiger partial charge in [-0.25, -0.2) is 4.68 Å². The van der Waals surface area contributed by atoms with E-state index in [-0.39, 0.29) is 37.3 Å².